The van der Waals surface area contributed by atoms with Crippen molar-refractivity contribution in [2.45, 2.75) is 56.3 Å². The van der Waals surface area contributed by atoms with Crippen LogP contribution in [0.3, 0.4) is 0 Å². The molecule has 0 radical (unpaired) electrons. The molecule has 1 heterocycles. The van der Waals surface area contributed by atoms with E-state index in [0.29, 0.717) is 24.7 Å². The van der Waals surface area contributed by atoms with Gasteiger partial charge in [-0.2, -0.15) is 0 Å². The third kappa shape index (κ3) is 5.95. The molecular formula is C21H28N2O3S2. The number of thiazole rings is 1. The first-order valence-corrected chi connectivity index (χ1v) is 11.8. The van der Waals surface area contributed by atoms with Gasteiger partial charge in [-0.05, 0) is 36.8 Å². The van der Waals surface area contributed by atoms with Crippen LogP contribution in [0.15, 0.2) is 28.6 Å². The number of para-hydroxylation sites is 1. The summed E-state index contributed by atoms with van der Waals surface area (Å²) in [6.45, 7) is 4.24. The third-order valence-corrected chi connectivity index (χ3v) is 7.71. The van der Waals surface area contributed by atoms with Crippen LogP contribution >= 0.6 is 23.1 Å². The van der Waals surface area contributed by atoms with Gasteiger partial charge in [0.15, 0.2) is 10.9 Å². The van der Waals surface area contributed by atoms with Gasteiger partial charge in [-0.3, -0.25) is 9.59 Å². The summed E-state index contributed by atoms with van der Waals surface area (Å²) in [5.41, 5.74) is 1.02. The van der Waals surface area contributed by atoms with Gasteiger partial charge in [0.25, 0.3) is 5.91 Å². The van der Waals surface area contributed by atoms with Crippen molar-refractivity contribution in [3.05, 3.63) is 24.3 Å². The van der Waals surface area contributed by atoms with Crippen molar-refractivity contribution in [3.8, 4) is 0 Å². The zero-order valence-corrected chi connectivity index (χ0v) is 18.1. The molecule has 3 rings (SSSR count). The monoisotopic (exact) mass is 420 g/mol. The molecule has 0 bridgehead atoms. The maximum atomic E-state index is 12.1. The Labute approximate surface area is 174 Å². The van der Waals surface area contributed by atoms with Crippen LogP contribution in [-0.2, 0) is 14.3 Å². The number of carbonyl (C=O) groups is 2. The molecule has 3 atom stereocenters. The number of carbonyl (C=O) groups excluding carboxylic acids is 2. The van der Waals surface area contributed by atoms with Crippen LogP contribution in [0, 0.1) is 11.8 Å². The van der Waals surface area contributed by atoms with Crippen LogP contribution in [0.1, 0.15) is 46.0 Å². The average Bonchev–Trinajstić information content (AvgIpc) is 3.10. The highest BCUT2D eigenvalue weighted by atomic mass is 32.2. The molecule has 1 fully saturated rings. The fourth-order valence-corrected chi connectivity index (χ4v) is 5.62. The van der Waals surface area contributed by atoms with Crippen molar-refractivity contribution in [1.29, 1.82) is 0 Å². The number of nitrogens with one attached hydrogen (secondary N) is 1. The van der Waals surface area contributed by atoms with E-state index in [0.717, 1.165) is 28.5 Å². The lowest BCUT2D eigenvalue weighted by Crippen LogP contribution is -2.45. The lowest BCUT2D eigenvalue weighted by atomic mass is 9.78. The van der Waals surface area contributed by atoms with E-state index in [9.17, 15) is 9.59 Å². The summed E-state index contributed by atoms with van der Waals surface area (Å²) >= 11 is 3.33. The van der Waals surface area contributed by atoms with Gasteiger partial charge in [-0.15, -0.1) is 11.3 Å². The second-order valence-corrected chi connectivity index (χ2v) is 9.87. The second-order valence-electron chi connectivity index (χ2n) is 7.50. The molecule has 0 spiro atoms. The third-order valence-electron chi connectivity index (χ3n) is 5.44. The van der Waals surface area contributed by atoms with Crippen LogP contribution in [0.2, 0.25) is 0 Å². The van der Waals surface area contributed by atoms with Crippen LogP contribution in [-0.4, -0.2) is 35.3 Å². The largest absolute Gasteiger partial charge is 0.456 e. The fourth-order valence-electron chi connectivity index (χ4n) is 3.54. The summed E-state index contributed by atoms with van der Waals surface area (Å²) in [6.07, 6.45) is 4.40. The summed E-state index contributed by atoms with van der Waals surface area (Å²) in [7, 11) is 0. The molecule has 7 heteroatoms. The zero-order chi connectivity index (χ0) is 19.9. The first-order valence-electron chi connectivity index (χ1n) is 9.96. The van der Waals surface area contributed by atoms with Gasteiger partial charge in [0.1, 0.15) is 0 Å². The smallest absolute Gasteiger partial charge is 0.306 e. The van der Waals surface area contributed by atoms with Crippen molar-refractivity contribution >= 4 is 45.2 Å². The SMILES string of the molecule is C[C@@H]1[C@H](C)CCC[C@H]1NC(=O)COC(=O)CCCSc1nc2ccccc2s1. The molecule has 1 aliphatic carbocycles. The molecule has 2 aromatic rings. The number of esters is 1. The Morgan fingerprint density at radius 3 is 2.93 bits per heavy atom. The number of rotatable bonds is 8. The molecule has 1 N–H and O–H groups in total. The molecular weight excluding hydrogens is 392 g/mol. The predicted molar refractivity (Wildman–Crippen MR) is 115 cm³/mol. The Morgan fingerprint density at radius 2 is 2.11 bits per heavy atom. The van der Waals surface area contributed by atoms with Gasteiger partial charge in [-0.25, -0.2) is 4.98 Å². The van der Waals surface area contributed by atoms with E-state index in [2.05, 4.69) is 30.2 Å². The average molecular weight is 421 g/mol. The Hall–Kier alpha value is -1.60. The Bertz CT molecular complexity index is 775. The minimum Gasteiger partial charge on any atom is -0.456 e. The molecule has 0 unspecified atom stereocenters. The van der Waals surface area contributed by atoms with Crippen LogP contribution in [0.4, 0.5) is 0 Å². The van der Waals surface area contributed by atoms with Gasteiger partial charge >= 0.3 is 5.97 Å². The van der Waals surface area contributed by atoms with Gasteiger partial charge in [0, 0.05) is 18.2 Å². The fraction of sp³-hybridized carbons (Fsp3) is 0.571. The topological polar surface area (TPSA) is 68.3 Å². The Kier molecular flexibility index (Phi) is 7.73. The number of benzene rings is 1. The number of thioether (sulfide) groups is 1. The van der Waals surface area contributed by atoms with Crippen molar-refractivity contribution in [2.75, 3.05) is 12.4 Å². The molecule has 1 amide bonds. The van der Waals surface area contributed by atoms with E-state index in [1.807, 2.05) is 18.2 Å². The molecule has 28 heavy (non-hydrogen) atoms. The van der Waals surface area contributed by atoms with E-state index >= 15 is 0 Å². The normalized spacial score (nSPS) is 22.1. The van der Waals surface area contributed by atoms with Gasteiger partial charge in [0.05, 0.1) is 10.2 Å². The minimum absolute atomic E-state index is 0.179. The number of ether oxygens (including phenoxy) is 1. The van der Waals surface area contributed by atoms with Crippen LogP contribution in [0.25, 0.3) is 10.2 Å². The highest BCUT2D eigenvalue weighted by Crippen LogP contribution is 2.30. The van der Waals surface area contributed by atoms with Gasteiger partial charge < -0.3 is 10.1 Å². The molecule has 0 saturated heterocycles. The maximum Gasteiger partial charge on any atom is 0.306 e. The second kappa shape index (κ2) is 10.3. The lowest BCUT2D eigenvalue weighted by molar-refractivity contribution is -0.148. The van der Waals surface area contributed by atoms with Crippen molar-refractivity contribution in [2.24, 2.45) is 11.8 Å². The number of nitrogens with zero attached hydrogens (tertiary/aromatic N) is 1. The number of amides is 1. The summed E-state index contributed by atoms with van der Waals surface area (Å²) in [6, 6.07) is 8.26. The minimum atomic E-state index is -0.315. The summed E-state index contributed by atoms with van der Waals surface area (Å²) in [5, 5.41) is 3.03. The van der Waals surface area contributed by atoms with E-state index in [4.69, 9.17) is 4.74 Å². The van der Waals surface area contributed by atoms with E-state index in [1.165, 1.54) is 11.1 Å². The summed E-state index contributed by atoms with van der Waals surface area (Å²) in [4.78, 5) is 28.5. The highest BCUT2D eigenvalue weighted by Gasteiger charge is 2.28. The van der Waals surface area contributed by atoms with Crippen molar-refractivity contribution in [1.82, 2.24) is 10.3 Å². The number of aromatic nitrogens is 1. The zero-order valence-electron chi connectivity index (χ0n) is 16.5. The number of fused-ring (bicyclic) bond motifs is 1. The maximum absolute atomic E-state index is 12.1. The first kappa shape index (κ1) is 21.1. The molecule has 5 nitrogen and oxygen atoms in total. The Balaban J connectivity index is 1.30. The number of hydrogen-bond donors (Lipinski definition) is 1. The van der Waals surface area contributed by atoms with E-state index < -0.39 is 0 Å². The quantitative estimate of drug-likeness (QED) is 0.382. The standard InChI is InChI=1S/C21H28N2O3S2/c1-14-7-5-9-16(15(14)2)22-19(24)13-26-20(25)11-6-12-27-21-23-17-8-3-4-10-18(17)28-21/h3-4,8,10,14-16H,5-7,9,11-13H2,1-2H3,(H,22,24)/t14-,15-,16-/m1/s1. The Morgan fingerprint density at radius 1 is 1.29 bits per heavy atom. The predicted octanol–water partition coefficient (Wildman–Crippen LogP) is 4.65. The lowest BCUT2D eigenvalue weighted by Gasteiger charge is -2.34. The molecule has 1 aliphatic rings. The van der Waals surface area contributed by atoms with Crippen LogP contribution < -0.4 is 5.32 Å². The molecule has 1 aromatic heterocycles. The summed E-state index contributed by atoms with van der Waals surface area (Å²) in [5.74, 6) is 1.38. The van der Waals surface area contributed by atoms with Gasteiger partial charge in [0.2, 0.25) is 0 Å². The van der Waals surface area contributed by atoms with Crippen molar-refractivity contribution < 1.29 is 14.3 Å². The molecule has 1 aromatic carbocycles. The van der Waals surface area contributed by atoms with Gasteiger partial charge in [-0.1, -0.05) is 50.6 Å². The summed E-state index contributed by atoms with van der Waals surface area (Å²) < 4.78 is 7.33. The van der Waals surface area contributed by atoms with Crippen molar-refractivity contribution in [3.63, 3.8) is 0 Å². The van der Waals surface area contributed by atoms with E-state index in [-0.39, 0.29) is 24.5 Å². The van der Waals surface area contributed by atoms with E-state index in [1.54, 1.807) is 23.1 Å². The van der Waals surface area contributed by atoms with Crippen LogP contribution in [0.5, 0.6) is 0 Å². The molecule has 152 valence electrons. The number of hydrogen-bond acceptors (Lipinski definition) is 6. The highest BCUT2D eigenvalue weighted by molar-refractivity contribution is 8.01. The molecule has 0 aliphatic heterocycles. The molecule has 1 saturated carbocycles. The first-order chi connectivity index (χ1) is 13.5.